The zero-order valence-electron chi connectivity index (χ0n) is 16.8. The number of ether oxygens (including phenoxy) is 2. The van der Waals surface area contributed by atoms with Gasteiger partial charge in [-0.15, -0.1) is 0 Å². The fourth-order valence-electron chi connectivity index (χ4n) is 2.65. The Balaban J connectivity index is 2.94. The van der Waals surface area contributed by atoms with Crippen LogP contribution in [0.4, 0.5) is 0 Å². The highest BCUT2D eigenvalue weighted by Crippen LogP contribution is 2.39. The van der Waals surface area contributed by atoms with Gasteiger partial charge in [0.2, 0.25) is 0 Å². The molecule has 1 aliphatic rings. The highest BCUT2D eigenvalue weighted by atomic mass is 28.4. The number of aldehydes is 1. The molecule has 1 atom stereocenters. The van der Waals surface area contributed by atoms with Crippen LogP contribution in [0.25, 0.3) is 0 Å². The van der Waals surface area contributed by atoms with Crippen molar-refractivity contribution in [3.63, 3.8) is 0 Å². The molecule has 1 saturated heterocycles. The van der Waals surface area contributed by atoms with E-state index in [9.17, 15) is 4.79 Å². The van der Waals surface area contributed by atoms with E-state index in [-0.39, 0.29) is 11.1 Å². The average molecular weight is 357 g/mol. The van der Waals surface area contributed by atoms with E-state index in [2.05, 4.69) is 40.8 Å². The summed E-state index contributed by atoms with van der Waals surface area (Å²) in [5, 5.41) is 0.152. The Hall–Kier alpha value is -0.493. The number of allylic oxidation sites excluding steroid dienone is 1. The van der Waals surface area contributed by atoms with Gasteiger partial charge in [-0.25, -0.2) is 0 Å². The molecule has 0 aromatic heterocycles. The first-order valence-electron chi connectivity index (χ1n) is 8.95. The topological polar surface area (TPSA) is 44.8 Å². The molecule has 0 saturated carbocycles. The summed E-state index contributed by atoms with van der Waals surface area (Å²) < 4.78 is 18.3. The van der Waals surface area contributed by atoms with Gasteiger partial charge in [0.05, 0.1) is 19.3 Å². The van der Waals surface area contributed by atoms with Crippen LogP contribution in [0.15, 0.2) is 11.1 Å². The third-order valence-electron chi connectivity index (χ3n) is 5.42. The molecule has 1 aliphatic heterocycles. The number of rotatable bonds is 8. The first-order chi connectivity index (χ1) is 10.9. The summed E-state index contributed by atoms with van der Waals surface area (Å²) in [6.07, 6.45) is 3.02. The second-order valence-electron chi connectivity index (χ2n) is 8.67. The van der Waals surface area contributed by atoms with E-state index in [1.165, 1.54) is 5.57 Å². The fourth-order valence-corrected chi connectivity index (χ4v) is 4.01. The maximum absolute atomic E-state index is 10.8. The predicted molar refractivity (Wildman–Crippen MR) is 101 cm³/mol. The Morgan fingerprint density at radius 3 is 2.21 bits per heavy atom. The molecule has 0 bridgehead atoms. The molecule has 1 rings (SSSR count). The highest BCUT2D eigenvalue weighted by Gasteiger charge is 2.42. The number of carbonyl (C=O) groups is 1. The van der Waals surface area contributed by atoms with Crippen molar-refractivity contribution in [3.05, 3.63) is 11.1 Å². The summed E-state index contributed by atoms with van der Waals surface area (Å²) in [5.74, 6) is -0.564. The van der Waals surface area contributed by atoms with Gasteiger partial charge in [-0.2, -0.15) is 0 Å². The quantitative estimate of drug-likeness (QED) is 0.354. The van der Waals surface area contributed by atoms with Gasteiger partial charge in [0.25, 0.3) is 0 Å². The minimum Gasteiger partial charge on any atom is -0.413 e. The van der Waals surface area contributed by atoms with Crippen molar-refractivity contribution in [2.45, 2.75) is 90.8 Å². The van der Waals surface area contributed by atoms with Gasteiger partial charge in [-0.05, 0) is 45.3 Å². The van der Waals surface area contributed by atoms with Gasteiger partial charge < -0.3 is 18.7 Å². The van der Waals surface area contributed by atoms with Crippen LogP contribution in [-0.4, -0.2) is 39.7 Å². The van der Waals surface area contributed by atoms with Gasteiger partial charge in [-0.1, -0.05) is 31.9 Å². The summed E-state index contributed by atoms with van der Waals surface area (Å²) in [5.41, 5.74) is 2.36. The zero-order valence-corrected chi connectivity index (χ0v) is 17.8. The van der Waals surface area contributed by atoms with Crippen LogP contribution < -0.4 is 0 Å². The molecular weight excluding hydrogens is 320 g/mol. The Morgan fingerprint density at radius 2 is 1.75 bits per heavy atom. The number of hydrogen-bond donors (Lipinski definition) is 0. The molecule has 1 fully saturated rings. The SMILES string of the molecule is C/C(CC=O)=C(/C)C[C@@H](CC1(C)OCCO1)O[Si](C)(C)C(C)(C)C. The Labute approximate surface area is 149 Å². The van der Waals surface area contributed by atoms with Crippen LogP contribution in [0.5, 0.6) is 0 Å². The monoisotopic (exact) mass is 356 g/mol. The Kier molecular flexibility index (Phi) is 7.41. The van der Waals surface area contributed by atoms with Gasteiger partial charge in [0.15, 0.2) is 14.1 Å². The second-order valence-corrected chi connectivity index (χ2v) is 13.4. The fraction of sp³-hybridized carbons (Fsp3) is 0.842. The van der Waals surface area contributed by atoms with Gasteiger partial charge in [0, 0.05) is 12.8 Å². The van der Waals surface area contributed by atoms with E-state index in [0.717, 1.165) is 18.3 Å². The summed E-state index contributed by atoms with van der Waals surface area (Å²) in [6.45, 7) is 18.7. The van der Waals surface area contributed by atoms with Gasteiger partial charge in [-0.3, -0.25) is 0 Å². The van der Waals surface area contributed by atoms with E-state index in [4.69, 9.17) is 13.9 Å². The minimum absolute atomic E-state index is 0.0376. The molecule has 140 valence electrons. The first-order valence-corrected chi connectivity index (χ1v) is 11.9. The van der Waals surface area contributed by atoms with E-state index < -0.39 is 14.1 Å². The lowest BCUT2D eigenvalue weighted by molar-refractivity contribution is -0.161. The number of hydrogen-bond acceptors (Lipinski definition) is 4. The maximum atomic E-state index is 10.8. The molecule has 0 aromatic rings. The zero-order chi connectivity index (χ0) is 18.6. The van der Waals surface area contributed by atoms with Crippen molar-refractivity contribution in [1.29, 1.82) is 0 Å². The average Bonchev–Trinajstić information content (AvgIpc) is 2.83. The summed E-state index contributed by atoms with van der Waals surface area (Å²) >= 11 is 0. The molecule has 4 nitrogen and oxygen atoms in total. The molecule has 0 aromatic carbocycles. The van der Waals surface area contributed by atoms with E-state index >= 15 is 0 Å². The van der Waals surface area contributed by atoms with E-state index in [1.807, 2.05) is 13.8 Å². The standard InChI is InChI=1S/C19H36O4Si/c1-15(9-10-20)16(2)13-17(14-19(6)21-11-12-22-19)23-24(7,8)18(3,4)5/h10,17H,9,11-14H2,1-8H3/b16-15+/t17-/m0/s1. The summed E-state index contributed by atoms with van der Waals surface area (Å²) in [4.78, 5) is 10.8. The molecular formula is C19H36O4Si. The van der Waals surface area contributed by atoms with E-state index in [1.54, 1.807) is 0 Å². The lowest BCUT2D eigenvalue weighted by atomic mass is 9.98. The molecule has 0 unspecified atom stereocenters. The predicted octanol–water partition coefficient (Wildman–Crippen LogP) is 4.85. The van der Waals surface area contributed by atoms with Gasteiger partial charge in [0.1, 0.15) is 6.29 Å². The normalized spacial score (nSPS) is 20.7. The van der Waals surface area contributed by atoms with Gasteiger partial charge >= 0.3 is 0 Å². The highest BCUT2D eigenvalue weighted by molar-refractivity contribution is 6.74. The minimum atomic E-state index is -1.90. The molecule has 1 heterocycles. The third kappa shape index (κ3) is 6.10. The van der Waals surface area contributed by atoms with Crippen LogP contribution >= 0.6 is 0 Å². The molecule has 0 N–H and O–H groups in total. The van der Waals surface area contributed by atoms with Crippen LogP contribution in [0.3, 0.4) is 0 Å². The molecule has 0 aliphatic carbocycles. The number of carbonyl (C=O) groups excluding carboxylic acids is 1. The molecule has 5 heteroatoms. The Morgan fingerprint density at radius 1 is 1.21 bits per heavy atom. The summed E-state index contributed by atoms with van der Waals surface area (Å²) in [7, 11) is -1.90. The Bertz CT molecular complexity index is 456. The van der Waals surface area contributed by atoms with Crippen molar-refractivity contribution in [2.24, 2.45) is 0 Å². The maximum Gasteiger partial charge on any atom is 0.192 e. The van der Waals surface area contributed by atoms with Crippen molar-refractivity contribution in [1.82, 2.24) is 0 Å². The van der Waals surface area contributed by atoms with Crippen LogP contribution in [0.1, 0.15) is 60.8 Å². The molecule has 24 heavy (non-hydrogen) atoms. The van der Waals surface area contributed by atoms with Crippen molar-refractivity contribution in [2.75, 3.05) is 13.2 Å². The molecule has 0 amide bonds. The smallest absolute Gasteiger partial charge is 0.192 e. The lowest BCUT2D eigenvalue weighted by Gasteiger charge is -2.41. The first kappa shape index (κ1) is 21.5. The largest absolute Gasteiger partial charge is 0.413 e. The molecule has 0 radical (unpaired) electrons. The van der Waals surface area contributed by atoms with Crippen LogP contribution in [0, 0.1) is 0 Å². The van der Waals surface area contributed by atoms with Crippen LogP contribution in [-0.2, 0) is 18.7 Å². The van der Waals surface area contributed by atoms with Crippen LogP contribution in [0.2, 0.25) is 18.1 Å². The van der Waals surface area contributed by atoms with Crippen molar-refractivity contribution >= 4 is 14.6 Å². The van der Waals surface area contributed by atoms with Crippen molar-refractivity contribution in [3.8, 4) is 0 Å². The molecule has 0 spiro atoms. The second kappa shape index (κ2) is 8.26. The van der Waals surface area contributed by atoms with E-state index in [0.29, 0.717) is 26.1 Å². The lowest BCUT2D eigenvalue weighted by Crippen LogP contribution is -2.46. The third-order valence-corrected chi connectivity index (χ3v) is 9.95. The summed E-state index contributed by atoms with van der Waals surface area (Å²) in [6, 6.07) is 0. The van der Waals surface area contributed by atoms with Crippen molar-refractivity contribution < 1.29 is 18.7 Å².